The Morgan fingerprint density at radius 3 is 2.39 bits per heavy atom. The van der Waals surface area contributed by atoms with Crippen molar-refractivity contribution < 1.29 is 14.4 Å². The number of fused-ring (bicyclic) bond motifs is 1. The molecule has 3 N–H and O–H groups in total. The molecule has 3 aliphatic heterocycles. The van der Waals surface area contributed by atoms with Gasteiger partial charge in [-0.1, -0.05) is 12.1 Å². The second-order valence-corrected chi connectivity index (χ2v) is 12.4. The van der Waals surface area contributed by atoms with Crippen molar-refractivity contribution in [1.29, 1.82) is 0 Å². The van der Waals surface area contributed by atoms with Crippen LogP contribution in [0.3, 0.4) is 0 Å². The van der Waals surface area contributed by atoms with Crippen LogP contribution in [0.1, 0.15) is 57.1 Å². The Hall–Kier alpha value is -3.46. The minimum absolute atomic E-state index is 0.0518. The number of piperazine rings is 1. The lowest BCUT2D eigenvalue weighted by Gasteiger charge is -2.75. The van der Waals surface area contributed by atoms with Crippen LogP contribution in [0.2, 0.25) is 0 Å². The minimum Gasteiger partial charge on any atom is -0.384 e. The van der Waals surface area contributed by atoms with Gasteiger partial charge in [0.25, 0.3) is 0 Å². The van der Waals surface area contributed by atoms with Gasteiger partial charge in [0.15, 0.2) is 0 Å². The van der Waals surface area contributed by atoms with Gasteiger partial charge in [0, 0.05) is 49.2 Å². The highest BCUT2D eigenvalue weighted by Gasteiger charge is 2.71. The summed E-state index contributed by atoms with van der Waals surface area (Å²) < 4.78 is 0. The SMILES string of the molecule is CC1(C)C(=O)N(C2CCC(=O)NC2=O)c2cccc(C34CC(N5CCN(c6ccc(N)nc6)CC5)(C3)C4)c21. The molecule has 0 radical (unpaired) electrons. The molecule has 1 atom stereocenters. The molecule has 8 rings (SSSR count). The number of piperidine rings is 1. The molecule has 2 bridgehead atoms. The van der Waals surface area contributed by atoms with E-state index in [4.69, 9.17) is 5.73 Å². The number of carbonyl (C=O) groups is 3. The fourth-order valence-corrected chi connectivity index (χ4v) is 7.97. The van der Waals surface area contributed by atoms with Crippen LogP contribution >= 0.6 is 0 Å². The molecule has 1 aromatic carbocycles. The van der Waals surface area contributed by atoms with E-state index in [1.165, 1.54) is 5.56 Å². The van der Waals surface area contributed by atoms with Crippen molar-refractivity contribution in [2.75, 3.05) is 41.7 Å². The van der Waals surface area contributed by atoms with Crippen molar-refractivity contribution in [3.63, 3.8) is 0 Å². The first kappa shape index (κ1) is 23.6. The van der Waals surface area contributed by atoms with Crippen molar-refractivity contribution in [3.05, 3.63) is 47.7 Å². The summed E-state index contributed by atoms with van der Waals surface area (Å²) in [5, 5.41) is 2.43. The van der Waals surface area contributed by atoms with Crippen molar-refractivity contribution in [1.82, 2.24) is 15.2 Å². The average Bonchev–Trinajstić information content (AvgIpc) is 3.04. The van der Waals surface area contributed by atoms with E-state index >= 15 is 0 Å². The molecule has 3 aliphatic carbocycles. The molecular formula is C29H34N6O3. The zero-order valence-corrected chi connectivity index (χ0v) is 22.0. The number of carbonyl (C=O) groups excluding carboxylic acids is 3. The third kappa shape index (κ3) is 3.14. The van der Waals surface area contributed by atoms with Crippen LogP contribution in [0.15, 0.2) is 36.5 Å². The van der Waals surface area contributed by atoms with Crippen LogP contribution in [0.25, 0.3) is 0 Å². The summed E-state index contributed by atoms with van der Waals surface area (Å²) in [6.07, 6.45) is 5.82. The number of amides is 3. The first-order valence-corrected chi connectivity index (χ1v) is 13.7. The number of nitrogens with zero attached hydrogens (tertiary/aromatic N) is 4. The summed E-state index contributed by atoms with van der Waals surface area (Å²) in [4.78, 5) is 49.2. The quantitative estimate of drug-likeness (QED) is 0.601. The zero-order valence-electron chi connectivity index (χ0n) is 22.0. The third-order valence-electron chi connectivity index (χ3n) is 9.86. The van der Waals surface area contributed by atoms with Gasteiger partial charge in [0.2, 0.25) is 17.7 Å². The monoisotopic (exact) mass is 514 g/mol. The molecule has 3 saturated carbocycles. The normalized spacial score (nSPS) is 31.9. The van der Waals surface area contributed by atoms with Gasteiger partial charge < -0.3 is 10.6 Å². The van der Waals surface area contributed by atoms with E-state index in [0.717, 1.165) is 62.4 Å². The molecule has 2 aromatic rings. The molecule has 3 amide bonds. The number of pyridine rings is 1. The number of aromatic nitrogens is 1. The van der Waals surface area contributed by atoms with Crippen LogP contribution in [-0.2, 0) is 25.2 Å². The number of rotatable bonds is 4. The predicted molar refractivity (Wildman–Crippen MR) is 144 cm³/mol. The highest BCUT2D eigenvalue weighted by Crippen LogP contribution is 2.72. The van der Waals surface area contributed by atoms with Gasteiger partial charge in [0.1, 0.15) is 11.9 Å². The standard InChI is InChI=1S/C29H34N6O3/c1-27(2)24-19(4-3-5-20(24)35(26(27)38)21-7-9-23(36)32-25(21)37)28-15-29(16-28,17-28)34-12-10-33(11-13-34)18-6-8-22(30)31-14-18/h3-6,8,14,21H,7,9-13,15-17H2,1-2H3,(H2,30,31)(H,32,36,37). The van der Waals surface area contributed by atoms with Gasteiger partial charge in [0.05, 0.1) is 17.3 Å². The molecule has 4 heterocycles. The maximum Gasteiger partial charge on any atom is 0.249 e. The lowest BCUT2D eigenvalue weighted by molar-refractivity contribution is -0.171. The summed E-state index contributed by atoms with van der Waals surface area (Å²) in [6.45, 7) is 7.97. The van der Waals surface area contributed by atoms with E-state index in [0.29, 0.717) is 12.2 Å². The number of anilines is 3. The molecule has 198 valence electrons. The zero-order chi connectivity index (χ0) is 26.4. The van der Waals surface area contributed by atoms with E-state index in [1.807, 2.05) is 44.3 Å². The summed E-state index contributed by atoms with van der Waals surface area (Å²) >= 11 is 0. The summed E-state index contributed by atoms with van der Waals surface area (Å²) in [5.74, 6) is -0.147. The third-order valence-corrected chi connectivity index (χ3v) is 9.86. The maximum absolute atomic E-state index is 13.7. The van der Waals surface area contributed by atoms with E-state index in [9.17, 15) is 14.4 Å². The van der Waals surface area contributed by atoms with Gasteiger partial charge in [-0.3, -0.25) is 29.5 Å². The molecule has 9 nitrogen and oxygen atoms in total. The summed E-state index contributed by atoms with van der Waals surface area (Å²) in [6, 6.07) is 9.49. The number of imide groups is 1. The Morgan fingerprint density at radius 1 is 1.00 bits per heavy atom. The van der Waals surface area contributed by atoms with Crippen molar-refractivity contribution in [2.24, 2.45) is 0 Å². The molecule has 2 saturated heterocycles. The molecule has 6 aliphatic rings. The summed E-state index contributed by atoms with van der Waals surface area (Å²) in [7, 11) is 0. The Labute approximate surface area is 222 Å². The lowest BCUT2D eigenvalue weighted by Crippen LogP contribution is -2.78. The number of nitrogens with two attached hydrogens (primary N) is 1. The van der Waals surface area contributed by atoms with Gasteiger partial charge in [-0.2, -0.15) is 0 Å². The van der Waals surface area contributed by atoms with E-state index in [-0.39, 0.29) is 35.1 Å². The van der Waals surface area contributed by atoms with Gasteiger partial charge in [-0.15, -0.1) is 0 Å². The Morgan fingerprint density at radius 2 is 1.74 bits per heavy atom. The molecule has 38 heavy (non-hydrogen) atoms. The van der Waals surface area contributed by atoms with Crippen LogP contribution < -0.4 is 20.9 Å². The molecule has 1 aromatic heterocycles. The van der Waals surface area contributed by atoms with E-state index in [1.54, 1.807) is 4.90 Å². The van der Waals surface area contributed by atoms with E-state index < -0.39 is 11.5 Å². The second-order valence-electron chi connectivity index (χ2n) is 12.4. The second kappa shape index (κ2) is 7.79. The average molecular weight is 515 g/mol. The number of hydrogen-bond acceptors (Lipinski definition) is 7. The van der Waals surface area contributed by atoms with Gasteiger partial charge in [-0.05, 0) is 68.9 Å². The first-order chi connectivity index (χ1) is 18.1. The largest absolute Gasteiger partial charge is 0.384 e. The van der Waals surface area contributed by atoms with Gasteiger partial charge in [-0.25, -0.2) is 4.98 Å². The Balaban J connectivity index is 1.10. The van der Waals surface area contributed by atoms with Crippen molar-refractivity contribution >= 4 is 34.9 Å². The highest BCUT2D eigenvalue weighted by atomic mass is 16.2. The Bertz CT molecular complexity index is 1340. The molecule has 1 unspecified atom stereocenters. The number of nitrogen functional groups attached to an aromatic ring is 1. The van der Waals surface area contributed by atoms with Crippen LogP contribution in [0.5, 0.6) is 0 Å². The van der Waals surface area contributed by atoms with Crippen LogP contribution in [0.4, 0.5) is 17.2 Å². The van der Waals surface area contributed by atoms with E-state index in [2.05, 4.69) is 26.2 Å². The minimum atomic E-state index is -0.713. The predicted octanol–water partition coefficient (Wildman–Crippen LogP) is 2.09. The van der Waals surface area contributed by atoms with Crippen molar-refractivity contribution in [3.8, 4) is 0 Å². The molecular weight excluding hydrogens is 480 g/mol. The topological polar surface area (TPSA) is 112 Å². The molecule has 5 fully saturated rings. The first-order valence-electron chi connectivity index (χ1n) is 13.7. The molecule has 9 heteroatoms. The fourth-order valence-electron chi connectivity index (χ4n) is 7.97. The fraction of sp³-hybridized carbons (Fsp3) is 0.517. The smallest absolute Gasteiger partial charge is 0.249 e. The number of hydrogen-bond donors (Lipinski definition) is 2. The number of benzene rings is 1. The Kier molecular flexibility index (Phi) is 4.84. The van der Waals surface area contributed by atoms with Crippen LogP contribution in [-0.4, -0.2) is 65.4 Å². The molecule has 0 spiro atoms. The highest BCUT2D eigenvalue weighted by molar-refractivity contribution is 6.14. The van der Waals surface area contributed by atoms with Crippen molar-refractivity contribution in [2.45, 2.75) is 68.4 Å². The van der Waals surface area contributed by atoms with Gasteiger partial charge >= 0.3 is 0 Å². The maximum atomic E-state index is 13.7. The summed E-state index contributed by atoms with van der Waals surface area (Å²) in [5.41, 5.74) is 9.71. The number of nitrogens with one attached hydrogen (secondary N) is 1. The van der Waals surface area contributed by atoms with Crippen LogP contribution in [0, 0.1) is 0 Å². The lowest BCUT2D eigenvalue weighted by atomic mass is 9.36.